The summed E-state index contributed by atoms with van der Waals surface area (Å²) in [6.45, 7) is 4.77. The second-order valence-electron chi connectivity index (χ2n) is 9.59. The Balaban J connectivity index is 1.35. The predicted octanol–water partition coefficient (Wildman–Crippen LogP) is 4.80. The molecular formula is C28H34N2O5. The van der Waals surface area contributed by atoms with E-state index in [9.17, 15) is 19.5 Å². The molecule has 2 aliphatic rings. The number of alkyl carbamates (subject to hydrolysis) is 1. The number of carbonyl (C=O) groups excluding carboxylic acids is 2. The van der Waals surface area contributed by atoms with Crippen LogP contribution >= 0.6 is 0 Å². The minimum atomic E-state index is -0.782. The first kappa shape index (κ1) is 24.8. The topological polar surface area (TPSA) is 95.9 Å². The largest absolute Gasteiger partial charge is 0.481 e. The lowest BCUT2D eigenvalue weighted by Gasteiger charge is -2.40. The first-order chi connectivity index (χ1) is 16.9. The number of hydrogen-bond donors (Lipinski definition) is 2. The van der Waals surface area contributed by atoms with Crippen molar-refractivity contribution in [1.29, 1.82) is 0 Å². The fraction of sp³-hybridized carbons (Fsp3) is 0.464. The molecule has 1 aliphatic carbocycles. The third-order valence-corrected chi connectivity index (χ3v) is 7.56. The number of hydrogen-bond acceptors (Lipinski definition) is 4. The van der Waals surface area contributed by atoms with Crippen LogP contribution in [0.3, 0.4) is 0 Å². The highest BCUT2D eigenvalue weighted by Crippen LogP contribution is 2.44. The molecule has 0 aromatic heterocycles. The number of ether oxygens (including phenoxy) is 1. The number of piperidine rings is 1. The van der Waals surface area contributed by atoms with Crippen LogP contribution < -0.4 is 5.32 Å². The van der Waals surface area contributed by atoms with E-state index in [1.54, 1.807) is 4.90 Å². The van der Waals surface area contributed by atoms with E-state index in [1.807, 2.05) is 38.1 Å². The molecule has 0 unspecified atom stereocenters. The van der Waals surface area contributed by atoms with Crippen LogP contribution in [-0.4, -0.2) is 53.7 Å². The second-order valence-corrected chi connectivity index (χ2v) is 9.59. The first-order valence-corrected chi connectivity index (χ1v) is 12.5. The molecule has 1 saturated heterocycles. The summed E-state index contributed by atoms with van der Waals surface area (Å²) in [4.78, 5) is 39.3. The van der Waals surface area contributed by atoms with Gasteiger partial charge in [0, 0.05) is 19.0 Å². The average molecular weight is 479 g/mol. The van der Waals surface area contributed by atoms with Gasteiger partial charge in [-0.25, -0.2) is 4.79 Å². The van der Waals surface area contributed by atoms with Crippen molar-refractivity contribution in [3.05, 3.63) is 59.7 Å². The molecule has 1 fully saturated rings. The summed E-state index contributed by atoms with van der Waals surface area (Å²) in [6.07, 6.45) is 2.08. The second kappa shape index (κ2) is 10.5. The van der Waals surface area contributed by atoms with Gasteiger partial charge in [-0.1, -0.05) is 68.8 Å². The highest BCUT2D eigenvalue weighted by atomic mass is 16.5. The minimum Gasteiger partial charge on any atom is -0.481 e. The van der Waals surface area contributed by atoms with Gasteiger partial charge in [-0.3, -0.25) is 9.59 Å². The van der Waals surface area contributed by atoms with E-state index in [2.05, 4.69) is 29.6 Å². The lowest BCUT2D eigenvalue weighted by atomic mass is 9.75. The Kier molecular flexibility index (Phi) is 7.43. The molecule has 1 heterocycles. The van der Waals surface area contributed by atoms with E-state index >= 15 is 0 Å². The van der Waals surface area contributed by atoms with Crippen molar-refractivity contribution in [3.63, 3.8) is 0 Å². The molecule has 1 atom stereocenters. The molecule has 0 saturated carbocycles. The van der Waals surface area contributed by atoms with Crippen LogP contribution in [0.1, 0.15) is 63.0 Å². The molecule has 7 nitrogen and oxygen atoms in total. The summed E-state index contributed by atoms with van der Waals surface area (Å²) in [6, 6.07) is 15.6. The molecule has 0 bridgehead atoms. The van der Waals surface area contributed by atoms with Crippen molar-refractivity contribution < 1.29 is 24.2 Å². The number of amides is 2. The van der Waals surface area contributed by atoms with E-state index < -0.39 is 23.5 Å². The van der Waals surface area contributed by atoms with Crippen LogP contribution in [0.2, 0.25) is 0 Å². The number of benzene rings is 2. The Labute approximate surface area is 206 Å². The molecule has 186 valence electrons. The van der Waals surface area contributed by atoms with Gasteiger partial charge in [0.05, 0.1) is 5.41 Å². The third kappa shape index (κ3) is 4.90. The molecule has 2 amide bonds. The molecule has 35 heavy (non-hydrogen) atoms. The number of rotatable bonds is 8. The molecule has 2 N–H and O–H groups in total. The Morgan fingerprint density at radius 2 is 1.60 bits per heavy atom. The Hall–Kier alpha value is -3.35. The Morgan fingerprint density at radius 1 is 1.03 bits per heavy atom. The van der Waals surface area contributed by atoms with E-state index in [0.29, 0.717) is 38.8 Å². The molecule has 0 spiro atoms. The monoisotopic (exact) mass is 478 g/mol. The Morgan fingerprint density at radius 3 is 2.11 bits per heavy atom. The maximum Gasteiger partial charge on any atom is 0.407 e. The number of nitrogens with one attached hydrogen (secondary N) is 1. The lowest BCUT2D eigenvalue weighted by molar-refractivity contribution is -0.155. The standard InChI is InChI=1S/C28H34N2O5/c1-3-13-28(26(32)33)14-16-30(17-15-28)25(31)24(4-2)29-27(34)35-18-23-21-11-7-5-9-19(21)20-10-6-8-12-22(20)23/h5-12,23-24H,3-4,13-18H2,1-2H3,(H,29,34)(H,32,33)/t24-/m0/s1. The van der Waals surface area contributed by atoms with Gasteiger partial charge >= 0.3 is 12.1 Å². The molecule has 4 rings (SSSR count). The third-order valence-electron chi connectivity index (χ3n) is 7.56. The summed E-state index contributed by atoms with van der Waals surface area (Å²) in [5, 5.41) is 12.4. The zero-order valence-electron chi connectivity index (χ0n) is 20.5. The van der Waals surface area contributed by atoms with E-state index in [-0.39, 0.29) is 18.4 Å². The van der Waals surface area contributed by atoms with Gasteiger partial charge < -0.3 is 20.1 Å². The van der Waals surface area contributed by atoms with Gasteiger partial charge in [0.2, 0.25) is 5.91 Å². The lowest BCUT2D eigenvalue weighted by Crippen LogP contribution is -2.53. The molecular weight excluding hydrogens is 444 g/mol. The van der Waals surface area contributed by atoms with Gasteiger partial charge in [-0.2, -0.15) is 0 Å². The van der Waals surface area contributed by atoms with Gasteiger partial charge in [0.15, 0.2) is 0 Å². The van der Waals surface area contributed by atoms with Crippen LogP contribution in [-0.2, 0) is 14.3 Å². The predicted molar refractivity (Wildman–Crippen MR) is 133 cm³/mol. The summed E-state index contributed by atoms with van der Waals surface area (Å²) in [5.74, 6) is -1.01. The summed E-state index contributed by atoms with van der Waals surface area (Å²) in [5.41, 5.74) is 3.82. The molecule has 7 heteroatoms. The summed E-state index contributed by atoms with van der Waals surface area (Å²) in [7, 11) is 0. The van der Waals surface area contributed by atoms with Crippen molar-refractivity contribution in [2.75, 3.05) is 19.7 Å². The number of fused-ring (bicyclic) bond motifs is 3. The van der Waals surface area contributed by atoms with E-state index in [4.69, 9.17) is 4.74 Å². The summed E-state index contributed by atoms with van der Waals surface area (Å²) < 4.78 is 5.61. The van der Waals surface area contributed by atoms with Crippen LogP contribution in [0.4, 0.5) is 4.79 Å². The zero-order valence-corrected chi connectivity index (χ0v) is 20.5. The smallest absolute Gasteiger partial charge is 0.407 e. The quantitative estimate of drug-likeness (QED) is 0.568. The molecule has 1 aliphatic heterocycles. The fourth-order valence-corrected chi connectivity index (χ4v) is 5.55. The maximum absolute atomic E-state index is 13.1. The first-order valence-electron chi connectivity index (χ1n) is 12.5. The Bertz CT molecular complexity index is 1040. The van der Waals surface area contributed by atoms with Gasteiger partial charge in [-0.15, -0.1) is 0 Å². The van der Waals surface area contributed by atoms with E-state index in [1.165, 1.54) is 0 Å². The number of likely N-dealkylation sites (tertiary alicyclic amines) is 1. The van der Waals surface area contributed by atoms with Gasteiger partial charge in [0.1, 0.15) is 12.6 Å². The number of carbonyl (C=O) groups is 3. The van der Waals surface area contributed by atoms with Crippen molar-refractivity contribution >= 4 is 18.0 Å². The molecule has 2 aromatic carbocycles. The van der Waals surface area contributed by atoms with Crippen LogP contribution in [0, 0.1) is 5.41 Å². The van der Waals surface area contributed by atoms with E-state index in [0.717, 1.165) is 28.7 Å². The van der Waals surface area contributed by atoms with Crippen LogP contribution in [0.25, 0.3) is 11.1 Å². The molecule has 0 radical (unpaired) electrons. The van der Waals surface area contributed by atoms with Crippen molar-refractivity contribution in [1.82, 2.24) is 10.2 Å². The van der Waals surface area contributed by atoms with Gasteiger partial charge in [-0.05, 0) is 47.9 Å². The normalized spacial score (nSPS) is 17.3. The van der Waals surface area contributed by atoms with Gasteiger partial charge in [0.25, 0.3) is 0 Å². The number of nitrogens with zero attached hydrogens (tertiary/aromatic N) is 1. The minimum absolute atomic E-state index is 0.0475. The molecule has 2 aromatic rings. The van der Waals surface area contributed by atoms with Crippen molar-refractivity contribution in [2.45, 2.75) is 57.9 Å². The van der Waals surface area contributed by atoms with Crippen molar-refractivity contribution in [3.8, 4) is 11.1 Å². The van der Waals surface area contributed by atoms with Crippen LogP contribution in [0.15, 0.2) is 48.5 Å². The maximum atomic E-state index is 13.1. The number of carboxylic acids is 1. The average Bonchev–Trinajstić information content (AvgIpc) is 3.20. The highest BCUT2D eigenvalue weighted by molar-refractivity contribution is 5.86. The SMILES string of the molecule is CCCC1(C(=O)O)CCN(C(=O)[C@H](CC)NC(=O)OCC2c3ccccc3-c3ccccc32)CC1. The van der Waals surface area contributed by atoms with Crippen molar-refractivity contribution in [2.24, 2.45) is 5.41 Å². The fourth-order valence-electron chi connectivity index (χ4n) is 5.55. The highest BCUT2D eigenvalue weighted by Gasteiger charge is 2.42. The number of aliphatic carboxylic acids is 1. The zero-order chi connectivity index (χ0) is 25.0. The summed E-state index contributed by atoms with van der Waals surface area (Å²) >= 11 is 0. The number of carboxylic acid groups (broad SMARTS) is 1. The van der Waals surface area contributed by atoms with Crippen LogP contribution in [0.5, 0.6) is 0 Å².